The largest absolute Gasteiger partial charge is 0.480 e. The molecule has 1 heterocycles. The Balaban J connectivity index is 3.22. The minimum Gasteiger partial charge on any atom is -0.480 e. The van der Waals surface area contributed by atoms with Crippen molar-refractivity contribution in [3.63, 3.8) is 0 Å². The molecule has 0 saturated carbocycles. The van der Waals surface area contributed by atoms with E-state index in [1.54, 1.807) is 27.7 Å². The molecule has 1 fully saturated rings. The number of nitrogens with one attached hydrogen (secondary N) is 6. The van der Waals surface area contributed by atoms with Gasteiger partial charge >= 0.3 is 5.97 Å². The molecule has 0 spiro atoms. The molecule has 0 aromatic heterocycles. The standard InChI is InChI=1S/C37H65N11O12/c1-17(2)14-23(30(53)43-24(16-27(38)52)31(54)45-25(36(59)60)15-18(3)4)44-33(56)28(19(5)49)47-34(57)29(20(6)50)46-32(55)26-11-9-13-48(26)35(58)22(42-21(7)51)10-8-12-41-37(39)40/h17-20,22-26,28-29,49-50H,8-16H2,1-7H3,(H2,38,52)(H,42,51)(H,43,53)(H,44,56)(H,45,54)(H,46,55)(H,47,57)(H,59,60)(H4,39,40,41)/t19-,20-,22+,23+,24+,25+,26+,28+,29+/m1/s1. The molecule has 0 aromatic carbocycles. The number of aliphatic hydroxyl groups is 2. The van der Waals surface area contributed by atoms with E-state index in [4.69, 9.17) is 17.2 Å². The number of carbonyl (C=O) groups is 9. The molecular weight excluding hydrogens is 790 g/mol. The fourth-order valence-electron chi connectivity index (χ4n) is 6.42. The van der Waals surface area contributed by atoms with Crippen molar-refractivity contribution in [3.05, 3.63) is 0 Å². The highest BCUT2D eigenvalue weighted by molar-refractivity contribution is 5.98. The number of hydrogen-bond acceptors (Lipinski definition) is 12. The average molecular weight is 856 g/mol. The molecule has 15 N–H and O–H groups in total. The van der Waals surface area contributed by atoms with Crippen molar-refractivity contribution in [2.75, 3.05) is 13.1 Å². The van der Waals surface area contributed by atoms with Gasteiger partial charge in [-0.25, -0.2) is 4.79 Å². The van der Waals surface area contributed by atoms with Crippen LogP contribution in [-0.2, 0) is 43.2 Å². The van der Waals surface area contributed by atoms with Crippen LogP contribution >= 0.6 is 0 Å². The number of aliphatic carboxylic acids is 1. The Morgan fingerprint density at radius 3 is 1.68 bits per heavy atom. The first kappa shape index (κ1) is 52.4. The van der Waals surface area contributed by atoms with Crippen LogP contribution in [0.25, 0.3) is 0 Å². The molecule has 1 aliphatic rings. The van der Waals surface area contributed by atoms with Crippen LogP contribution in [0.5, 0.6) is 0 Å². The topological polar surface area (TPSA) is 380 Å². The molecule has 0 bridgehead atoms. The zero-order valence-electron chi connectivity index (χ0n) is 35.4. The number of likely N-dealkylation sites (tertiary alicyclic amines) is 1. The Labute approximate surface area is 349 Å². The van der Waals surface area contributed by atoms with Crippen LogP contribution in [0.1, 0.15) is 93.4 Å². The van der Waals surface area contributed by atoms with Crippen LogP contribution in [0.4, 0.5) is 0 Å². The lowest BCUT2D eigenvalue weighted by molar-refractivity contribution is -0.143. The van der Waals surface area contributed by atoms with Crippen molar-refractivity contribution in [2.24, 2.45) is 34.0 Å². The number of carboxylic acids is 1. The molecule has 60 heavy (non-hydrogen) atoms. The number of nitrogens with two attached hydrogens (primary N) is 3. The first-order valence-electron chi connectivity index (χ1n) is 19.9. The monoisotopic (exact) mass is 855 g/mol. The van der Waals surface area contributed by atoms with Crippen LogP contribution in [0.2, 0.25) is 0 Å². The Kier molecular flexibility index (Phi) is 22.0. The fourth-order valence-corrected chi connectivity index (χ4v) is 6.42. The minimum absolute atomic E-state index is 0.0408. The lowest BCUT2D eigenvalue weighted by atomic mass is 10.0. The van der Waals surface area contributed by atoms with Gasteiger partial charge in [0.1, 0.15) is 42.3 Å². The molecule has 340 valence electrons. The van der Waals surface area contributed by atoms with E-state index in [0.29, 0.717) is 12.8 Å². The molecule has 1 rings (SSSR count). The molecule has 9 atom stereocenters. The van der Waals surface area contributed by atoms with Gasteiger partial charge in [-0.2, -0.15) is 0 Å². The Morgan fingerprint density at radius 1 is 0.683 bits per heavy atom. The van der Waals surface area contributed by atoms with E-state index in [-0.39, 0.29) is 56.6 Å². The molecule has 0 aromatic rings. The zero-order chi connectivity index (χ0) is 46.0. The average Bonchev–Trinajstić information content (AvgIpc) is 3.62. The number of aliphatic hydroxyl groups excluding tert-OH is 2. The summed E-state index contributed by atoms with van der Waals surface area (Å²) in [6.45, 7) is 10.8. The minimum atomic E-state index is -1.77. The van der Waals surface area contributed by atoms with E-state index in [1.165, 1.54) is 18.7 Å². The second kappa shape index (κ2) is 25.1. The Hall–Kier alpha value is -5.58. The summed E-state index contributed by atoms with van der Waals surface area (Å²) in [5.41, 5.74) is 16.0. The molecule has 23 heteroatoms. The van der Waals surface area contributed by atoms with Gasteiger partial charge in [0.05, 0.1) is 18.6 Å². The SMILES string of the molecule is CC(=O)N[C@@H](CCCN=C(N)N)C(=O)N1CCC[C@H]1C(=O)N[C@H](C(=O)N[C@H](C(=O)N[C@@H](CC(C)C)C(=O)N[C@@H](CC(N)=O)C(=O)N[C@@H](CC(C)C)C(=O)O)[C@@H](C)O)[C@@H](C)O. The lowest BCUT2D eigenvalue weighted by Gasteiger charge is -2.31. The number of aliphatic imine (C=N–C) groups is 1. The molecule has 1 aliphatic heterocycles. The van der Waals surface area contributed by atoms with Gasteiger partial charge in [-0.1, -0.05) is 27.7 Å². The first-order valence-corrected chi connectivity index (χ1v) is 19.9. The van der Waals surface area contributed by atoms with Crippen LogP contribution < -0.4 is 49.1 Å². The summed E-state index contributed by atoms with van der Waals surface area (Å²) in [5, 5.41) is 45.1. The number of primary amides is 1. The summed E-state index contributed by atoms with van der Waals surface area (Å²) in [6.07, 6.45) is -2.82. The summed E-state index contributed by atoms with van der Waals surface area (Å²) < 4.78 is 0. The fraction of sp³-hybridized carbons (Fsp3) is 0.730. The van der Waals surface area contributed by atoms with Crippen LogP contribution in [0.15, 0.2) is 4.99 Å². The second-order valence-corrected chi connectivity index (χ2v) is 15.8. The smallest absolute Gasteiger partial charge is 0.326 e. The van der Waals surface area contributed by atoms with E-state index in [9.17, 15) is 58.5 Å². The summed E-state index contributed by atoms with van der Waals surface area (Å²) in [5.74, 6) is -8.92. The van der Waals surface area contributed by atoms with Crippen molar-refractivity contribution in [1.29, 1.82) is 0 Å². The number of carbonyl (C=O) groups excluding carboxylic acids is 8. The van der Waals surface area contributed by atoms with Gasteiger partial charge in [0.15, 0.2) is 5.96 Å². The summed E-state index contributed by atoms with van der Waals surface area (Å²) in [7, 11) is 0. The number of nitrogens with zero attached hydrogens (tertiary/aromatic N) is 2. The van der Waals surface area contributed by atoms with Gasteiger partial charge in [-0.15, -0.1) is 0 Å². The maximum atomic E-state index is 13.6. The van der Waals surface area contributed by atoms with Crippen molar-refractivity contribution in [2.45, 2.75) is 148 Å². The van der Waals surface area contributed by atoms with Crippen LogP contribution in [0.3, 0.4) is 0 Å². The molecule has 8 amide bonds. The van der Waals surface area contributed by atoms with Crippen molar-refractivity contribution in [3.8, 4) is 0 Å². The van der Waals surface area contributed by atoms with Crippen molar-refractivity contribution >= 4 is 59.2 Å². The van der Waals surface area contributed by atoms with Crippen LogP contribution in [0, 0.1) is 11.8 Å². The van der Waals surface area contributed by atoms with Crippen molar-refractivity contribution < 1.29 is 58.5 Å². The second-order valence-electron chi connectivity index (χ2n) is 15.8. The first-order chi connectivity index (χ1) is 27.8. The highest BCUT2D eigenvalue weighted by Gasteiger charge is 2.40. The number of rotatable bonds is 25. The number of hydrogen-bond donors (Lipinski definition) is 12. The third-order valence-corrected chi connectivity index (χ3v) is 9.28. The predicted molar refractivity (Wildman–Crippen MR) is 216 cm³/mol. The van der Waals surface area contributed by atoms with E-state index in [2.05, 4.69) is 36.9 Å². The van der Waals surface area contributed by atoms with Gasteiger partial charge < -0.3 is 69.3 Å². The normalized spacial score (nSPS) is 17.7. The molecular formula is C37H65N11O12. The van der Waals surface area contributed by atoms with Gasteiger partial charge in [-0.05, 0) is 64.2 Å². The van der Waals surface area contributed by atoms with Gasteiger partial charge in [0.2, 0.25) is 47.3 Å². The summed E-state index contributed by atoms with van der Waals surface area (Å²) in [4.78, 5) is 122. The van der Waals surface area contributed by atoms with Crippen molar-refractivity contribution in [1.82, 2.24) is 36.8 Å². The van der Waals surface area contributed by atoms with E-state index in [1.807, 2.05) is 0 Å². The van der Waals surface area contributed by atoms with Crippen LogP contribution in [-0.4, -0.2) is 147 Å². The van der Waals surface area contributed by atoms with Gasteiger partial charge in [0, 0.05) is 20.0 Å². The predicted octanol–water partition coefficient (Wildman–Crippen LogP) is -4.23. The number of carboxylic acid groups (broad SMARTS) is 1. The molecule has 0 unspecified atom stereocenters. The zero-order valence-corrected chi connectivity index (χ0v) is 35.4. The number of amides is 8. The van der Waals surface area contributed by atoms with E-state index >= 15 is 0 Å². The summed E-state index contributed by atoms with van der Waals surface area (Å²) in [6, 6.07) is -9.98. The Bertz CT molecular complexity index is 1570. The van der Waals surface area contributed by atoms with Gasteiger partial charge in [0.25, 0.3) is 0 Å². The highest BCUT2D eigenvalue weighted by Crippen LogP contribution is 2.20. The van der Waals surface area contributed by atoms with Gasteiger partial charge in [-0.3, -0.25) is 43.3 Å². The third kappa shape index (κ3) is 18.1. The highest BCUT2D eigenvalue weighted by atomic mass is 16.4. The van der Waals surface area contributed by atoms with E-state index < -0.39 is 114 Å². The molecule has 1 saturated heterocycles. The maximum absolute atomic E-state index is 13.6. The maximum Gasteiger partial charge on any atom is 0.326 e. The van der Waals surface area contributed by atoms with E-state index in [0.717, 1.165) is 6.92 Å². The number of guanidine groups is 1. The quantitative estimate of drug-likeness (QED) is 0.0235. The molecule has 23 nitrogen and oxygen atoms in total. The third-order valence-electron chi connectivity index (χ3n) is 9.28. The summed E-state index contributed by atoms with van der Waals surface area (Å²) >= 11 is 0. The molecule has 0 aliphatic carbocycles. The lowest BCUT2D eigenvalue weighted by Crippen LogP contribution is -2.63. The molecule has 0 radical (unpaired) electrons. The Morgan fingerprint density at radius 2 is 1.18 bits per heavy atom.